The molecule has 0 aliphatic rings. The minimum atomic E-state index is -4.03. The molecule has 3 aromatic carbocycles. The van der Waals surface area contributed by atoms with E-state index in [0.717, 1.165) is 14.8 Å². The van der Waals surface area contributed by atoms with Crippen LogP contribution in [0.2, 0.25) is 0 Å². The number of anilines is 1. The maximum absolute atomic E-state index is 13.7. The largest absolute Gasteiger partial charge is 0.492 e. The molecule has 174 valence electrons. The maximum atomic E-state index is 13.7. The number of para-hydroxylation sites is 2. The number of thioether (sulfide) groups is 1. The van der Waals surface area contributed by atoms with E-state index in [9.17, 15) is 13.2 Å². The summed E-state index contributed by atoms with van der Waals surface area (Å²) < 4.78 is 34.1. The molecule has 1 amide bonds. The minimum Gasteiger partial charge on any atom is -0.492 e. The van der Waals surface area contributed by atoms with Gasteiger partial charge in [-0.15, -0.1) is 11.8 Å². The monoisotopic (exact) mass is 484 g/mol. The Bertz CT molecular complexity index is 1170. The van der Waals surface area contributed by atoms with Gasteiger partial charge in [-0.1, -0.05) is 42.5 Å². The Balaban J connectivity index is 1.96. The van der Waals surface area contributed by atoms with Crippen molar-refractivity contribution < 1.29 is 17.9 Å². The minimum absolute atomic E-state index is 0.107. The Morgan fingerprint density at radius 1 is 1.00 bits per heavy atom. The van der Waals surface area contributed by atoms with Gasteiger partial charge in [0.15, 0.2) is 0 Å². The van der Waals surface area contributed by atoms with Gasteiger partial charge in [0.25, 0.3) is 10.0 Å². The van der Waals surface area contributed by atoms with Crippen molar-refractivity contribution in [3.63, 3.8) is 0 Å². The number of benzene rings is 3. The molecule has 0 heterocycles. The molecule has 0 aliphatic carbocycles. The molecule has 0 saturated carbocycles. The third-order valence-electron chi connectivity index (χ3n) is 5.05. The van der Waals surface area contributed by atoms with Gasteiger partial charge < -0.3 is 10.1 Å². The van der Waals surface area contributed by atoms with Crippen LogP contribution in [0.1, 0.15) is 25.5 Å². The van der Waals surface area contributed by atoms with Gasteiger partial charge >= 0.3 is 0 Å². The third kappa shape index (κ3) is 6.09. The lowest BCUT2D eigenvalue weighted by molar-refractivity contribution is -0.120. The number of nitrogens with one attached hydrogen (secondary N) is 1. The molecule has 1 N–H and O–H groups in total. The Morgan fingerprint density at radius 2 is 1.64 bits per heavy atom. The van der Waals surface area contributed by atoms with Crippen molar-refractivity contribution in [2.45, 2.75) is 29.7 Å². The summed E-state index contributed by atoms with van der Waals surface area (Å²) in [5.74, 6) is -0.0184. The fraction of sp³-hybridized carbons (Fsp3) is 0.240. The van der Waals surface area contributed by atoms with Crippen LogP contribution >= 0.6 is 11.8 Å². The topological polar surface area (TPSA) is 75.7 Å². The van der Waals surface area contributed by atoms with E-state index in [4.69, 9.17) is 4.74 Å². The van der Waals surface area contributed by atoms with Crippen LogP contribution < -0.4 is 14.4 Å². The molecule has 0 saturated heterocycles. The lowest BCUT2D eigenvalue weighted by atomic mass is 10.1. The predicted octanol–water partition coefficient (Wildman–Crippen LogP) is 4.88. The van der Waals surface area contributed by atoms with E-state index in [2.05, 4.69) is 5.32 Å². The lowest BCUT2D eigenvalue weighted by Crippen LogP contribution is -2.41. The number of carbonyl (C=O) groups excluding carboxylic acids is 1. The summed E-state index contributed by atoms with van der Waals surface area (Å²) in [5.41, 5.74) is 1.25. The highest BCUT2D eigenvalue weighted by Crippen LogP contribution is 2.33. The first-order valence-corrected chi connectivity index (χ1v) is 13.3. The first kappa shape index (κ1) is 24.7. The Morgan fingerprint density at radius 3 is 2.27 bits per heavy atom. The van der Waals surface area contributed by atoms with Crippen LogP contribution in [-0.2, 0) is 14.8 Å². The molecule has 0 aliphatic heterocycles. The highest BCUT2D eigenvalue weighted by molar-refractivity contribution is 7.98. The zero-order valence-electron chi connectivity index (χ0n) is 18.9. The number of ether oxygens (including phenoxy) is 1. The Labute approximate surface area is 200 Å². The SMILES string of the molecule is CCOc1ccccc1N(CC(=O)NC(C)c1ccccc1)S(=O)(=O)c1ccc(SC)cc1. The highest BCUT2D eigenvalue weighted by atomic mass is 32.2. The van der Waals surface area contributed by atoms with Crippen molar-refractivity contribution in [3.8, 4) is 5.75 Å². The predicted molar refractivity (Wildman–Crippen MR) is 133 cm³/mol. The molecule has 3 rings (SSSR count). The molecule has 1 unspecified atom stereocenters. The molecule has 8 heteroatoms. The van der Waals surface area contributed by atoms with Crippen molar-refractivity contribution in [2.24, 2.45) is 0 Å². The van der Waals surface area contributed by atoms with Crippen molar-refractivity contribution in [3.05, 3.63) is 84.4 Å². The van der Waals surface area contributed by atoms with Crippen LogP contribution in [0.3, 0.4) is 0 Å². The fourth-order valence-electron chi connectivity index (χ4n) is 3.36. The van der Waals surface area contributed by atoms with E-state index in [1.807, 2.05) is 50.4 Å². The maximum Gasteiger partial charge on any atom is 0.264 e. The van der Waals surface area contributed by atoms with Gasteiger partial charge in [-0.05, 0) is 62.1 Å². The molecule has 6 nitrogen and oxygen atoms in total. The summed E-state index contributed by atoms with van der Waals surface area (Å²) >= 11 is 1.52. The van der Waals surface area contributed by atoms with Gasteiger partial charge in [-0.25, -0.2) is 8.42 Å². The second-order valence-corrected chi connectivity index (χ2v) is 10.0. The zero-order valence-corrected chi connectivity index (χ0v) is 20.5. The van der Waals surface area contributed by atoms with Gasteiger partial charge in [-0.3, -0.25) is 9.10 Å². The average molecular weight is 485 g/mol. The second-order valence-electron chi connectivity index (χ2n) is 7.29. The summed E-state index contributed by atoms with van der Waals surface area (Å²) in [5, 5.41) is 2.90. The summed E-state index contributed by atoms with van der Waals surface area (Å²) in [6, 6.07) is 22.7. The average Bonchev–Trinajstić information content (AvgIpc) is 2.83. The third-order valence-corrected chi connectivity index (χ3v) is 7.56. The van der Waals surface area contributed by atoms with Crippen molar-refractivity contribution in [2.75, 3.05) is 23.7 Å². The van der Waals surface area contributed by atoms with Gasteiger partial charge in [0.05, 0.1) is 23.2 Å². The summed E-state index contributed by atoms with van der Waals surface area (Å²) in [6.07, 6.45) is 1.92. The van der Waals surface area contributed by atoms with E-state index in [0.29, 0.717) is 18.0 Å². The molecule has 0 spiro atoms. The standard InChI is InChI=1S/C25H28N2O4S2/c1-4-31-24-13-9-8-12-23(24)27(33(29,30)22-16-14-21(32-3)15-17-22)18-25(28)26-19(2)20-10-6-5-7-11-20/h5-17,19H,4,18H2,1-3H3,(H,26,28). The van der Waals surface area contributed by atoms with E-state index in [1.165, 1.54) is 11.8 Å². The Kier molecular flexibility index (Phi) is 8.41. The van der Waals surface area contributed by atoms with Gasteiger partial charge in [0.1, 0.15) is 12.3 Å². The van der Waals surface area contributed by atoms with E-state index < -0.39 is 15.9 Å². The van der Waals surface area contributed by atoms with Crippen LogP contribution in [0.5, 0.6) is 5.75 Å². The molecule has 0 fully saturated rings. The zero-order chi connectivity index (χ0) is 23.8. The lowest BCUT2D eigenvalue weighted by Gasteiger charge is -2.26. The molecule has 0 aromatic heterocycles. The number of hydrogen-bond acceptors (Lipinski definition) is 5. The van der Waals surface area contributed by atoms with Gasteiger partial charge in [-0.2, -0.15) is 0 Å². The first-order valence-electron chi connectivity index (χ1n) is 10.6. The van der Waals surface area contributed by atoms with E-state index in [1.54, 1.807) is 48.5 Å². The number of rotatable bonds is 10. The molecule has 1 atom stereocenters. The van der Waals surface area contributed by atoms with Crippen LogP contribution in [0.15, 0.2) is 88.7 Å². The summed E-state index contributed by atoms with van der Waals surface area (Å²) in [7, 11) is -4.03. The van der Waals surface area contributed by atoms with Crippen molar-refractivity contribution >= 4 is 33.4 Å². The van der Waals surface area contributed by atoms with Gasteiger partial charge in [0, 0.05) is 4.90 Å². The molecule has 33 heavy (non-hydrogen) atoms. The van der Waals surface area contributed by atoms with E-state index >= 15 is 0 Å². The van der Waals surface area contributed by atoms with Gasteiger partial charge in [0.2, 0.25) is 5.91 Å². The number of nitrogens with zero attached hydrogens (tertiary/aromatic N) is 1. The smallest absolute Gasteiger partial charge is 0.264 e. The quantitative estimate of drug-likeness (QED) is 0.415. The number of carbonyl (C=O) groups is 1. The molecular weight excluding hydrogens is 456 g/mol. The van der Waals surface area contributed by atoms with Crippen LogP contribution in [-0.4, -0.2) is 33.7 Å². The highest BCUT2D eigenvalue weighted by Gasteiger charge is 2.29. The molecule has 3 aromatic rings. The van der Waals surface area contributed by atoms with Crippen LogP contribution in [0.25, 0.3) is 0 Å². The van der Waals surface area contributed by atoms with Crippen LogP contribution in [0.4, 0.5) is 5.69 Å². The molecular formula is C25H28N2O4S2. The Hall–Kier alpha value is -2.97. The number of amides is 1. The fourth-order valence-corrected chi connectivity index (χ4v) is 5.20. The molecule has 0 bridgehead atoms. The number of hydrogen-bond donors (Lipinski definition) is 1. The van der Waals surface area contributed by atoms with Crippen molar-refractivity contribution in [1.29, 1.82) is 0 Å². The number of sulfonamides is 1. The summed E-state index contributed by atoms with van der Waals surface area (Å²) in [6.45, 7) is 3.67. The second kappa shape index (κ2) is 11.2. The summed E-state index contributed by atoms with van der Waals surface area (Å²) in [4.78, 5) is 14.1. The van der Waals surface area contributed by atoms with Crippen LogP contribution in [0, 0.1) is 0 Å². The van der Waals surface area contributed by atoms with Crippen molar-refractivity contribution in [1.82, 2.24) is 5.32 Å². The first-order chi connectivity index (χ1) is 15.9. The van der Waals surface area contributed by atoms with E-state index in [-0.39, 0.29) is 17.5 Å². The normalized spacial score (nSPS) is 12.1. The molecule has 0 radical (unpaired) electrons.